The lowest BCUT2D eigenvalue weighted by atomic mass is 10.1. The molecule has 104 valence electrons. The van der Waals surface area contributed by atoms with Gasteiger partial charge in [-0.3, -0.25) is 0 Å². The van der Waals surface area contributed by atoms with Crippen LogP contribution in [0.3, 0.4) is 0 Å². The van der Waals surface area contributed by atoms with Crippen LogP contribution in [-0.4, -0.2) is 11.1 Å². The molecule has 3 nitrogen and oxygen atoms in total. The van der Waals surface area contributed by atoms with E-state index < -0.39 is 5.97 Å². The third kappa shape index (κ3) is 3.31. The van der Waals surface area contributed by atoms with Crippen molar-refractivity contribution in [1.82, 2.24) is 0 Å². The van der Waals surface area contributed by atoms with Gasteiger partial charge in [-0.15, -0.1) is 0 Å². The topological polar surface area (TPSA) is 49.3 Å². The summed E-state index contributed by atoms with van der Waals surface area (Å²) in [7, 11) is 0. The van der Waals surface area contributed by atoms with Gasteiger partial charge >= 0.3 is 5.97 Å². The molecule has 0 spiro atoms. The van der Waals surface area contributed by atoms with Crippen molar-refractivity contribution in [2.45, 2.75) is 19.9 Å². The molecule has 0 aromatic heterocycles. The summed E-state index contributed by atoms with van der Waals surface area (Å²) in [6.07, 6.45) is 0. The first-order chi connectivity index (χ1) is 9.47. The second-order valence-corrected chi connectivity index (χ2v) is 5.19. The minimum Gasteiger partial charge on any atom is -0.478 e. The van der Waals surface area contributed by atoms with Gasteiger partial charge < -0.3 is 10.4 Å². The summed E-state index contributed by atoms with van der Waals surface area (Å²) in [6.45, 7) is 3.84. The predicted octanol–water partition coefficient (Wildman–Crippen LogP) is 4.52. The van der Waals surface area contributed by atoms with Crippen LogP contribution >= 0.6 is 11.6 Å². The van der Waals surface area contributed by atoms with Gasteiger partial charge in [-0.05, 0) is 55.3 Å². The fourth-order valence-corrected chi connectivity index (χ4v) is 2.20. The third-order valence-electron chi connectivity index (χ3n) is 3.21. The summed E-state index contributed by atoms with van der Waals surface area (Å²) in [4.78, 5) is 11.0. The number of benzene rings is 2. The van der Waals surface area contributed by atoms with Crippen LogP contribution in [0.2, 0.25) is 5.02 Å². The molecule has 0 bridgehead atoms. The van der Waals surface area contributed by atoms with Crippen molar-refractivity contribution in [1.29, 1.82) is 0 Å². The fraction of sp³-hybridized carbons (Fsp3) is 0.188. The molecule has 0 aliphatic heterocycles. The molecule has 2 aromatic rings. The van der Waals surface area contributed by atoms with Crippen molar-refractivity contribution in [2.24, 2.45) is 0 Å². The molecule has 1 unspecified atom stereocenters. The maximum Gasteiger partial charge on any atom is 0.335 e. The predicted molar refractivity (Wildman–Crippen MR) is 81.6 cm³/mol. The summed E-state index contributed by atoms with van der Waals surface area (Å²) >= 11 is 5.87. The second-order valence-electron chi connectivity index (χ2n) is 4.75. The molecule has 0 fully saturated rings. The van der Waals surface area contributed by atoms with Crippen LogP contribution in [0.1, 0.15) is 34.5 Å². The zero-order valence-corrected chi connectivity index (χ0v) is 12.1. The SMILES string of the molecule is Cc1cc(NC(C)c2ccc(Cl)cc2)ccc1C(=O)O. The fourth-order valence-electron chi connectivity index (χ4n) is 2.08. The Morgan fingerprint density at radius 3 is 2.40 bits per heavy atom. The van der Waals surface area contributed by atoms with Crippen LogP contribution < -0.4 is 5.32 Å². The molecule has 4 heteroatoms. The molecule has 0 amide bonds. The maximum absolute atomic E-state index is 11.0. The van der Waals surface area contributed by atoms with Gasteiger partial charge in [-0.2, -0.15) is 0 Å². The van der Waals surface area contributed by atoms with Crippen LogP contribution in [0.4, 0.5) is 5.69 Å². The summed E-state index contributed by atoms with van der Waals surface area (Å²) in [5.74, 6) is -0.903. The first kappa shape index (κ1) is 14.4. The highest BCUT2D eigenvalue weighted by molar-refractivity contribution is 6.30. The number of rotatable bonds is 4. The number of carboxylic acid groups (broad SMARTS) is 1. The number of carboxylic acids is 1. The molecule has 2 N–H and O–H groups in total. The smallest absolute Gasteiger partial charge is 0.335 e. The number of nitrogens with one attached hydrogen (secondary N) is 1. The molecule has 0 saturated heterocycles. The van der Waals surface area contributed by atoms with Gasteiger partial charge in [-0.25, -0.2) is 4.79 Å². The summed E-state index contributed by atoms with van der Waals surface area (Å²) in [5, 5.41) is 13.1. The summed E-state index contributed by atoms with van der Waals surface area (Å²) in [6, 6.07) is 13.0. The highest BCUT2D eigenvalue weighted by atomic mass is 35.5. The van der Waals surface area contributed by atoms with Gasteiger partial charge in [0.05, 0.1) is 5.56 Å². The zero-order valence-electron chi connectivity index (χ0n) is 11.4. The van der Waals surface area contributed by atoms with E-state index in [1.807, 2.05) is 37.3 Å². The van der Waals surface area contributed by atoms with E-state index in [9.17, 15) is 4.79 Å². The van der Waals surface area contributed by atoms with E-state index in [0.717, 1.165) is 16.8 Å². The summed E-state index contributed by atoms with van der Waals surface area (Å²) < 4.78 is 0. The number of aromatic carboxylic acids is 1. The van der Waals surface area contributed by atoms with Crippen LogP contribution in [0.5, 0.6) is 0 Å². The number of halogens is 1. The van der Waals surface area contributed by atoms with E-state index in [1.54, 1.807) is 19.1 Å². The van der Waals surface area contributed by atoms with E-state index in [0.29, 0.717) is 10.6 Å². The first-order valence-electron chi connectivity index (χ1n) is 6.33. The van der Waals surface area contributed by atoms with E-state index >= 15 is 0 Å². The van der Waals surface area contributed by atoms with Gasteiger partial charge in [0, 0.05) is 16.8 Å². The Hall–Kier alpha value is -2.00. The molecule has 0 radical (unpaired) electrons. The largest absolute Gasteiger partial charge is 0.478 e. The highest BCUT2D eigenvalue weighted by Crippen LogP contribution is 2.22. The molecule has 0 saturated carbocycles. The molecule has 0 aliphatic carbocycles. The Kier molecular flexibility index (Phi) is 4.30. The summed E-state index contributed by atoms with van der Waals surface area (Å²) in [5.41, 5.74) is 3.09. The standard InChI is InChI=1S/C16H16ClNO2/c1-10-9-14(7-8-15(10)16(19)20)18-11(2)12-3-5-13(17)6-4-12/h3-9,11,18H,1-2H3,(H,19,20). The van der Waals surface area contributed by atoms with Gasteiger partial charge in [0.15, 0.2) is 0 Å². The molecule has 1 atom stereocenters. The monoisotopic (exact) mass is 289 g/mol. The van der Waals surface area contributed by atoms with Crippen LogP contribution in [-0.2, 0) is 0 Å². The van der Waals surface area contributed by atoms with E-state index in [1.165, 1.54) is 0 Å². The number of anilines is 1. The molecule has 0 aliphatic rings. The van der Waals surface area contributed by atoms with E-state index in [4.69, 9.17) is 16.7 Å². The van der Waals surface area contributed by atoms with Crippen LogP contribution in [0, 0.1) is 6.92 Å². The number of aryl methyl sites for hydroxylation is 1. The van der Waals surface area contributed by atoms with Crippen molar-refractivity contribution >= 4 is 23.3 Å². The third-order valence-corrected chi connectivity index (χ3v) is 3.46. The maximum atomic E-state index is 11.0. The molecule has 20 heavy (non-hydrogen) atoms. The minimum absolute atomic E-state index is 0.113. The van der Waals surface area contributed by atoms with E-state index in [2.05, 4.69) is 5.32 Å². The minimum atomic E-state index is -0.903. The number of hydrogen-bond donors (Lipinski definition) is 2. The lowest BCUT2D eigenvalue weighted by Gasteiger charge is -2.16. The Morgan fingerprint density at radius 2 is 1.85 bits per heavy atom. The Balaban J connectivity index is 2.15. The highest BCUT2D eigenvalue weighted by Gasteiger charge is 2.09. The molecule has 2 aromatic carbocycles. The molecule has 0 heterocycles. The molecular formula is C16H16ClNO2. The lowest BCUT2D eigenvalue weighted by molar-refractivity contribution is 0.0696. The van der Waals surface area contributed by atoms with Crippen molar-refractivity contribution in [3.05, 3.63) is 64.2 Å². The van der Waals surface area contributed by atoms with Gasteiger partial charge in [0.2, 0.25) is 0 Å². The molecule has 2 rings (SSSR count). The Morgan fingerprint density at radius 1 is 1.20 bits per heavy atom. The zero-order chi connectivity index (χ0) is 14.7. The van der Waals surface area contributed by atoms with Crippen molar-refractivity contribution in [2.75, 3.05) is 5.32 Å². The average Bonchev–Trinajstić information content (AvgIpc) is 2.39. The normalized spacial score (nSPS) is 11.9. The van der Waals surface area contributed by atoms with Crippen LogP contribution in [0.15, 0.2) is 42.5 Å². The second kappa shape index (κ2) is 5.97. The molecular weight excluding hydrogens is 274 g/mol. The van der Waals surface area contributed by atoms with Gasteiger partial charge in [-0.1, -0.05) is 23.7 Å². The van der Waals surface area contributed by atoms with E-state index in [-0.39, 0.29) is 6.04 Å². The van der Waals surface area contributed by atoms with Gasteiger partial charge in [0.25, 0.3) is 0 Å². The Bertz CT molecular complexity index is 623. The average molecular weight is 290 g/mol. The quantitative estimate of drug-likeness (QED) is 0.870. The van der Waals surface area contributed by atoms with Crippen molar-refractivity contribution in [3.63, 3.8) is 0 Å². The van der Waals surface area contributed by atoms with Crippen molar-refractivity contribution in [3.8, 4) is 0 Å². The van der Waals surface area contributed by atoms with Crippen molar-refractivity contribution < 1.29 is 9.90 Å². The lowest BCUT2D eigenvalue weighted by Crippen LogP contribution is -2.07. The number of carbonyl (C=O) groups is 1. The Labute approximate surface area is 123 Å². The first-order valence-corrected chi connectivity index (χ1v) is 6.71. The number of hydrogen-bond acceptors (Lipinski definition) is 2. The van der Waals surface area contributed by atoms with Gasteiger partial charge in [0.1, 0.15) is 0 Å². The van der Waals surface area contributed by atoms with Crippen LogP contribution in [0.25, 0.3) is 0 Å².